The van der Waals surface area contributed by atoms with Crippen LogP contribution in [0.4, 0.5) is 11.4 Å². The highest BCUT2D eigenvalue weighted by Gasteiger charge is 2.12. The zero-order chi connectivity index (χ0) is 20.4. The molecule has 0 saturated carbocycles. The average molecular weight is 428 g/mol. The van der Waals surface area contributed by atoms with Crippen LogP contribution in [0.5, 0.6) is 17.2 Å². The predicted molar refractivity (Wildman–Crippen MR) is 96.3 cm³/mol. The van der Waals surface area contributed by atoms with Crippen LogP contribution in [0.15, 0.2) is 51.5 Å². The van der Waals surface area contributed by atoms with E-state index in [1.807, 2.05) is 0 Å². The number of benzene rings is 2. The van der Waals surface area contributed by atoms with Crippen LogP contribution in [0, 0.1) is 0 Å². The lowest BCUT2D eigenvalue weighted by atomic mass is 10.2. The molecule has 0 bridgehead atoms. The first-order valence-corrected chi connectivity index (χ1v) is 8.84. The number of azo groups is 1. The molecule has 0 amide bonds. The predicted octanol–water partition coefficient (Wildman–Crippen LogP) is 3.67. The van der Waals surface area contributed by atoms with E-state index in [-0.39, 0.29) is 29.4 Å². The maximum absolute atomic E-state index is 11.4. The molecule has 0 fully saturated rings. The fraction of sp³-hybridized carbons (Fsp3) is 0.0667. The second kappa shape index (κ2) is 11.1. The lowest BCUT2D eigenvalue weighted by molar-refractivity contribution is -0.432. The molecule has 2 rings (SSSR count). The Hall–Kier alpha value is -2.84. The number of phenols is 2. The quantitative estimate of drug-likeness (QED) is 0.127. The minimum Gasteiger partial charge on any atom is -0.508 e. The van der Waals surface area contributed by atoms with Gasteiger partial charge in [-0.05, 0) is 24.3 Å². The summed E-state index contributed by atoms with van der Waals surface area (Å²) in [6.45, 7) is 0.127. The molecule has 11 nitrogen and oxygen atoms in total. The normalized spacial score (nSPS) is 10.8. The molecular formula is C15H12N2O9S2. The third kappa shape index (κ3) is 6.71. The van der Waals surface area contributed by atoms with Crippen LogP contribution < -0.4 is 4.74 Å². The number of hydrogen-bond donors (Lipinski definition) is 3. The Morgan fingerprint density at radius 1 is 1.14 bits per heavy atom. The minimum atomic E-state index is -0.610. The van der Waals surface area contributed by atoms with Crippen molar-refractivity contribution in [2.45, 2.75) is 4.90 Å². The number of carbonyl (C=O) groups excluding carboxylic acids is 2. The van der Waals surface area contributed by atoms with Gasteiger partial charge < -0.3 is 19.1 Å². The summed E-state index contributed by atoms with van der Waals surface area (Å²) in [7, 11) is 0. The van der Waals surface area contributed by atoms with E-state index in [1.165, 1.54) is 0 Å². The summed E-state index contributed by atoms with van der Waals surface area (Å²) in [5, 5.41) is 38.2. The number of hydrogen-bond acceptors (Lipinski definition) is 13. The van der Waals surface area contributed by atoms with E-state index in [4.69, 9.17) is 9.44 Å². The van der Waals surface area contributed by atoms with Crippen LogP contribution >= 0.6 is 24.1 Å². The topological polar surface area (TPSA) is 156 Å². The van der Waals surface area contributed by atoms with Gasteiger partial charge in [-0.15, -0.1) is 9.45 Å². The standard InChI is InChI=1S/C15H12N2O9S2/c18-8-23-13-6-10(19)5-12(20)15(13)17-16-9-1-3-11(4-2-9)28-24-14(21)7-27-26-25-22/h1-6,8,19-20,22H,7H2. The van der Waals surface area contributed by atoms with Crippen molar-refractivity contribution in [2.24, 2.45) is 10.2 Å². The third-order valence-electron chi connectivity index (χ3n) is 2.80. The second-order valence-electron chi connectivity index (χ2n) is 4.66. The van der Waals surface area contributed by atoms with Gasteiger partial charge in [-0.25, -0.2) is 5.26 Å². The van der Waals surface area contributed by atoms with Gasteiger partial charge in [-0.1, -0.05) is 5.04 Å². The zero-order valence-electron chi connectivity index (χ0n) is 13.8. The van der Waals surface area contributed by atoms with Gasteiger partial charge >= 0.3 is 5.97 Å². The van der Waals surface area contributed by atoms with Crippen molar-refractivity contribution in [1.29, 1.82) is 0 Å². The van der Waals surface area contributed by atoms with Crippen LogP contribution in [0.25, 0.3) is 0 Å². The van der Waals surface area contributed by atoms with Crippen molar-refractivity contribution in [2.75, 3.05) is 5.75 Å². The van der Waals surface area contributed by atoms with Gasteiger partial charge in [0.05, 0.1) is 17.7 Å². The lowest BCUT2D eigenvalue weighted by Gasteiger charge is -2.05. The molecule has 13 heteroatoms. The van der Waals surface area contributed by atoms with E-state index in [0.717, 1.165) is 24.2 Å². The van der Waals surface area contributed by atoms with Gasteiger partial charge in [0, 0.05) is 29.1 Å². The highest BCUT2D eigenvalue weighted by molar-refractivity contribution is 7.96. The molecule has 3 N–H and O–H groups in total. The number of ether oxygens (including phenoxy) is 1. The summed E-state index contributed by atoms with van der Waals surface area (Å²) in [5.41, 5.74) is 0.258. The highest BCUT2D eigenvalue weighted by atomic mass is 32.2. The van der Waals surface area contributed by atoms with Crippen LogP contribution in [-0.4, -0.2) is 33.7 Å². The van der Waals surface area contributed by atoms with Crippen LogP contribution in [0.2, 0.25) is 0 Å². The summed E-state index contributed by atoms with van der Waals surface area (Å²) in [6.07, 6.45) is 0. The van der Waals surface area contributed by atoms with Crippen LogP contribution in [0.3, 0.4) is 0 Å². The van der Waals surface area contributed by atoms with Gasteiger partial charge in [0.15, 0.2) is 17.2 Å². The van der Waals surface area contributed by atoms with E-state index < -0.39 is 11.7 Å². The fourth-order valence-corrected chi connectivity index (χ4v) is 2.53. The summed E-state index contributed by atoms with van der Waals surface area (Å²) < 4.78 is 13.6. The fourth-order valence-electron chi connectivity index (χ4n) is 1.71. The average Bonchev–Trinajstić information content (AvgIpc) is 2.67. The van der Waals surface area contributed by atoms with E-state index in [2.05, 4.69) is 24.3 Å². The zero-order valence-corrected chi connectivity index (χ0v) is 15.4. The molecule has 0 aliphatic carbocycles. The highest BCUT2D eigenvalue weighted by Crippen LogP contribution is 2.41. The summed E-state index contributed by atoms with van der Waals surface area (Å²) >= 11 is 1.36. The Kier molecular flexibility index (Phi) is 8.51. The maximum atomic E-state index is 11.4. The van der Waals surface area contributed by atoms with Crippen molar-refractivity contribution in [3.05, 3.63) is 36.4 Å². The van der Waals surface area contributed by atoms with E-state index in [1.54, 1.807) is 24.3 Å². The monoisotopic (exact) mass is 428 g/mol. The van der Waals surface area contributed by atoms with Crippen LogP contribution in [0.1, 0.15) is 0 Å². The molecule has 0 aliphatic heterocycles. The molecule has 0 radical (unpaired) electrons. The first kappa shape index (κ1) is 21.5. The molecule has 0 atom stereocenters. The van der Waals surface area contributed by atoms with E-state index >= 15 is 0 Å². The first-order chi connectivity index (χ1) is 13.5. The lowest BCUT2D eigenvalue weighted by Crippen LogP contribution is -2.02. The molecule has 0 spiro atoms. The van der Waals surface area contributed by atoms with Crippen molar-refractivity contribution in [3.8, 4) is 17.2 Å². The third-order valence-corrected chi connectivity index (χ3v) is 4.05. The number of phenolic OH excluding ortho intramolecular Hbond substituents is 2. The van der Waals surface area contributed by atoms with Crippen molar-refractivity contribution >= 4 is 47.9 Å². The molecule has 0 heterocycles. The first-order valence-electron chi connectivity index (χ1n) is 7.18. The Labute approximate surface area is 166 Å². The van der Waals surface area contributed by atoms with Gasteiger partial charge in [0.25, 0.3) is 6.47 Å². The van der Waals surface area contributed by atoms with Gasteiger partial charge in [-0.2, -0.15) is 5.11 Å². The largest absolute Gasteiger partial charge is 0.508 e. The number of carbonyl (C=O) groups is 2. The number of aromatic hydroxyl groups is 2. The van der Waals surface area contributed by atoms with Gasteiger partial charge in [-0.3, -0.25) is 9.59 Å². The molecular weight excluding hydrogens is 416 g/mol. The molecule has 0 saturated heterocycles. The molecule has 148 valence electrons. The molecule has 0 unspecified atom stereocenters. The number of rotatable bonds is 10. The van der Waals surface area contributed by atoms with E-state index in [0.29, 0.717) is 22.6 Å². The molecule has 2 aromatic rings. The van der Waals surface area contributed by atoms with Gasteiger partial charge in [0.2, 0.25) is 0 Å². The van der Waals surface area contributed by atoms with Gasteiger partial charge in [0.1, 0.15) is 11.5 Å². The SMILES string of the molecule is O=COc1cc(O)cc(O)c1N=Nc1ccc(SOC(=O)CSOOO)cc1. The number of nitrogens with zero attached hydrogens (tertiary/aromatic N) is 2. The summed E-state index contributed by atoms with van der Waals surface area (Å²) in [4.78, 5) is 22.5. The smallest absolute Gasteiger partial charge is 0.330 e. The van der Waals surface area contributed by atoms with Crippen molar-refractivity contribution < 1.29 is 43.4 Å². The Balaban J connectivity index is 1.99. The Morgan fingerprint density at radius 3 is 2.57 bits per heavy atom. The van der Waals surface area contributed by atoms with E-state index in [9.17, 15) is 19.8 Å². The minimum absolute atomic E-state index is 0.127. The molecule has 28 heavy (non-hydrogen) atoms. The second-order valence-corrected chi connectivity index (χ2v) is 6.13. The molecule has 0 aromatic heterocycles. The molecule has 2 aromatic carbocycles. The van der Waals surface area contributed by atoms with Crippen molar-refractivity contribution in [3.63, 3.8) is 0 Å². The van der Waals surface area contributed by atoms with Crippen LogP contribution in [-0.2, 0) is 23.1 Å². The maximum Gasteiger partial charge on any atom is 0.330 e. The molecule has 0 aliphatic rings. The summed E-state index contributed by atoms with van der Waals surface area (Å²) in [6, 6.07) is 8.46. The van der Waals surface area contributed by atoms with Crippen molar-refractivity contribution in [1.82, 2.24) is 0 Å². The Morgan fingerprint density at radius 2 is 1.89 bits per heavy atom. The Bertz CT molecular complexity index is 846. The summed E-state index contributed by atoms with van der Waals surface area (Å²) in [5.74, 6) is -1.70.